The molecule has 0 bridgehead atoms. The van der Waals surface area contributed by atoms with Crippen LogP contribution in [0.25, 0.3) is 11.3 Å². The van der Waals surface area contributed by atoms with Crippen LogP contribution >= 0.6 is 0 Å². The number of benzene rings is 2. The maximum Gasteiger partial charge on any atom is 0.255 e. The van der Waals surface area contributed by atoms with Crippen LogP contribution in [-0.4, -0.2) is 63.9 Å². The van der Waals surface area contributed by atoms with E-state index in [9.17, 15) is 4.79 Å². The summed E-state index contributed by atoms with van der Waals surface area (Å²) in [5.41, 5.74) is 6.02. The number of amides is 1. The van der Waals surface area contributed by atoms with Gasteiger partial charge in [-0.2, -0.15) is 0 Å². The second-order valence-corrected chi connectivity index (χ2v) is 10.1. The van der Waals surface area contributed by atoms with Crippen molar-refractivity contribution in [2.24, 2.45) is 0 Å². The normalized spacial score (nSPS) is 13.7. The number of carbonyl (C=O) groups excluding carboxylic acids is 1. The fourth-order valence-electron chi connectivity index (χ4n) is 4.27. The first-order valence-corrected chi connectivity index (χ1v) is 13.9. The minimum atomic E-state index is -0.167. The van der Waals surface area contributed by atoms with Crippen LogP contribution in [0.1, 0.15) is 41.8 Å². The fraction of sp³-hybridized carbons (Fsp3) is 0.312. The number of anilines is 3. The summed E-state index contributed by atoms with van der Waals surface area (Å²) in [6.45, 7) is 11.5. The van der Waals surface area contributed by atoms with E-state index in [2.05, 4.69) is 68.4 Å². The summed E-state index contributed by atoms with van der Waals surface area (Å²) in [7, 11) is 2.16. The van der Waals surface area contributed by atoms with E-state index >= 15 is 0 Å². The molecule has 1 fully saturated rings. The highest BCUT2D eigenvalue weighted by atomic mass is 16.1. The largest absolute Gasteiger partial charge is 0.324 e. The molecule has 5 rings (SSSR count). The Bertz CT molecular complexity index is 1370. The fourth-order valence-corrected chi connectivity index (χ4v) is 4.27. The number of hydrogen-bond donors (Lipinski definition) is 2. The predicted molar refractivity (Wildman–Crippen MR) is 163 cm³/mol. The molecule has 8 nitrogen and oxygen atoms in total. The molecule has 0 atom stereocenters. The second kappa shape index (κ2) is 14.3. The quantitative estimate of drug-likeness (QED) is 0.299. The lowest BCUT2D eigenvalue weighted by atomic mass is 10.1. The van der Waals surface area contributed by atoms with E-state index in [-0.39, 0.29) is 5.91 Å². The maximum atomic E-state index is 13.0. The van der Waals surface area contributed by atoms with Crippen LogP contribution in [0.2, 0.25) is 0 Å². The molecule has 40 heavy (non-hydrogen) atoms. The summed E-state index contributed by atoms with van der Waals surface area (Å²) in [6, 6.07) is 19.3. The number of rotatable bonds is 7. The average molecular weight is 538 g/mol. The first-order valence-electron chi connectivity index (χ1n) is 13.9. The van der Waals surface area contributed by atoms with Crippen molar-refractivity contribution in [1.29, 1.82) is 0 Å². The van der Waals surface area contributed by atoms with Gasteiger partial charge >= 0.3 is 0 Å². The van der Waals surface area contributed by atoms with Gasteiger partial charge in [0.1, 0.15) is 0 Å². The lowest BCUT2D eigenvalue weighted by Gasteiger charge is -2.32. The number of piperazine rings is 1. The van der Waals surface area contributed by atoms with E-state index in [0.29, 0.717) is 11.5 Å². The van der Waals surface area contributed by atoms with Crippen molar-refractivity contribution in [3.8, 4) is 11.3 Å². The summed E-state index contributed by atoms with van der Waals surface area (Å²) in [5.74, 6) is 0.290. The van der Waals surface area contributed by atoms with Crippen molar-refractivity contribution < 1.29 is 4.79 Å². The number of aryl methyl sites for hydroxylation is 1. The molecule has 3 heterocycles. The molecule has 0 spiro atoms. The summed E-state index contributed by atoms with van der Waals surface area (Å²) < 4.78 is 0. The Morgan fingerprint density at radius 3 is 2.40 bits per heavy atom. The SMILES string of the molecule is CCC.Cc1ccc(C(=O)Nc2ccc(CN3CCN(C)CC3)cc2)cc1Nc1nccc(-c2cccnc2)n1. The number of pyridine rings is 1. The van der Waals surface area contributed by atoms with Crippen LogP contribution in [0.5, 0.6) is 0 Å². The van der Waals surface area contributed by atoms with Crippen molar-refractivity contribution >= 4 is 23.2 Å². The standard InChI is InChI=1S/C29H31N7O.C3H8/c1-21-5-8-23(18-27(21)34-29-31-13-11-26(33-29)24-4-3-12-30-19-24)28(37)32-25-9-6-22(7-10-25)20-36-16-14-35(2)15-17-36;1-3-2/h3-13,18-19H,14-17,20H2,1-2H3,(H,32,37)(H,31,33,34);3H2,1-2H3. The highest BCUT2D eigenvalue weighted by Gasteiger charge is 2.14. The van der Waals surface area contributed by atoms with Gasteiger partial charge in [-0.15, -0.1) is 0 Å². The molecule has 8 heteroatoms. The van der Waals surface area contributed by atoms with Gasteiger partial charge < -0.3 is 15.5 Å². The van der Waals surface area contributed by atoms with E-state index in [1.54, 1.807) is 18.6 Å². The number of nitrogens with zero attached hydrogens (tertiary/aromatic N) is 5. The van der Waals surface area contributed by atoms with Gasteiger partial charge in [0, 0.05) is 73.8 Å². The van der Waals surface area contributed by atoms with Crippen LogP contribution in [0, 0.1) is 6.92 Å². The molecule has 2 aromatic heterocycles. The Kier molecular flexibility index (Phi) is 10.3. The van der Waals surface area contributed by atoms with Crippen LogP contribution in [0.15, 0.2) is 79.3 Å². The van der Waals surface area contributed by atoms with Gasteiger partial charge in [0.15, 0.2) is 0 Å². The Labute approximate surface area is 237 Å². The smallest absolute Gasteiger partial charge is 0.255 e. The molecule has 1 saturated heterocycles. The van der Waals surface area contributed by atoms with Crippen molar-refractivity contribution in [2.75, 3.05) is 43.9 Å². The summed E-state index contributed by atoms with van der Waals surface area (Å²) in [4.78, 5) is 30.9. The zero-order valence-electron chi connectivity index (χ0n) is 23.9. The maximum absolute atomic E-state index is 13.0. The number of aromatic nitrogens is 3. The third-order valence-electron chi connectivity index (χ3n) is 6.57. The minimum absolute atomic E-state index is 0.167. The number of carbonyl (C=O) groups is 1. The van der Waals surface area contributed by atoms with Gasteiger partial charge in [-0.1, -0.05) is 38.5 Å². The van der Waals surface area contributed by atoms with Crippen molar-refractivity contribution in [2.45, 2.75) is 33.7 Å². The van der Waals surface area contributed by atoms with Crippen molar-refractivity contribution in [3.63, 3.8) is 0 Å². The zero-order valence-corrected chi connectivity index (χ0v) is 23.9. The van der Waals surface area contributed by atoms with Gasteiger partial charge in [-0.3, -0.25) is 14.7 Å². The van der Waals surface area contributed by atoms with E-state index < -0.39 is 0 Å². The third-order valence-corrected chi connectivity index (χ3v) is 6.57. The highest BCUT2D eigenvalue weighted by molar-refractivity contribution is 6.05. The number of nitrogens with one attached hydrogen (secondary N) is 2. The zero-order chi connectivity index (χ0) is 28.3. The van der Waals surface area contributed by atoms with Gasteiger partial charge in [0.05, 0.1) is 5.69 Å². The van der Waals surface area contributed by atoms with Gasteiger partial charge in [-0.05, 0) is 67.6 Å². The molecule has 1 aliphatic heterocycles. The molecule has 1 amide bonds. The molecular formula is C32H39N7O. The number of likely N-dealkylation sites (N-methyl/N-ethyl adjacent to an activating group) is 1. The number of hydrogen-bond acceptors (Lipinski definition) is 7. The van der Waals surface area contributed by atoms with E-state index in [0.717, 1.165) is 60.9 Å². The molecule has 0 unspecified atom stereocenters. The topological polar surface area (TPSA) is 86.3 Å². The molecule has 2 aromatic carbocycles. The lowest BCUT2D eigenvalue weighted by Crippen LogP contribution is -2.43. The average Bonchev–Trinajstić information content (AvgIpc) is 2.97. The van der Waals surface area contributed by atoms with Crippen LogP contribution in [0.3, 0.4) is 0 Å². The highest BCUT2D eigenvalue weighted by Crippen LogP contribution is 2.23. The van der Waals surface area contributed by atoms with Crippen molar-refractivity contribution in [3.05, 3.63) is 95.9 Å². The second-order valence-electron chi connectivity index (χ2n) is 10.1. The Morgan fingerprint density at radius 1 is 0.950 bits per heavy atom. The minimum Gasteiger partial charge on any atom is -0.324 e. The molecule has 0 saturated carbocycles. The van der Waals surface area contributed by atoms with Crippen LogP contribution in [-0.2, 0) is 6.54 Å². The van der Waals surface area contributed by atoms with Gasteiger partial charge in [0.2, 0.25) is 5.95 Å². The summed E-state index contributed by atoms with van der Waals surface area (Å²) in [6.07, 6.45) is 6.45. The van der Waals surface area contributed by atoms with E-state index in [4.69, 9.17) is 0 Å². The summed E-state index contributed by atoms with van der Waals surface area (Å²) in [5, 5.41) is 6.27. The van der Waals surface area contributed by atoms with E-state index in [1.165, 1.54) is 12.0 Å². The molecular weight excluding hydrogens is 498 g/mol. The Morgan fingerprint density at radius 2 is 1.70 bits per heavy atom. The van der Waals surface area contributed by atoms with Crippen LogP contribution in [0.4, 0.5) is 17.3 Å². The first kappa shape index (κ1) is 28.9. The predicted octanol–water partition coefficient (Wildman–Crippen LogP) is 6.01. The Hall–Kier alpha value is -4.14. The third kappa shape index (κ3) is 8.18. The van der Waals surface area contributed by atoms with Gasteiger partial charge in [-0.25, -0.2) is 9.97 Å². The molecule has 2 N–H and O–H groups in total. The Balaban J connectivity index is 0.00000118. The molecule has 0 radical (unpaired) electrons. The van der Waals surface area contributed by atoms with Crippen molar-refractivity contribution in [1.82, 2.24) is 24.8 Å². The van der Waals surface area contributed by atoms with E-state index in [1.807, 2.05) is 55.5 Å². The first-order chi connectivity index (χ1) is 19.4. The lowest BCUT2D eigenvalue weighted by molar-refractivity contribution is 0.102. The molecule has 208 valence electrons. The monoisotopic (exact) mass is 537 g/mol. The molecule has 4 aromatic rings. The summed E-state index contributed by atoms with van der Waals surface area (Å²) >= 11 is 0. The molecule has 0 aliphatic carbocycles. The van der Waals surface area contributed by atoms with Gasteiger partial charge in [0.25, 0.3) is 5.91 Å². The molecule has 1 aliphatic rings. The van der Waals surface area contributed by atoms with Crippen LogP contribution < -0.4 is 10.6 Å².